The van der Waals surface area contributed by atoms with E-state index in [9.17, 15) is 9.59 Å². The van der Waals surface area contributed by atoms with E-state index in [0.717, 1.165) is 11.8 Å². The van der Waals surface area contributed by atoms with Gasteiger partial charge in [0.05, 0.1) is 12.6 Å². The Morgan fingerprint density at radius 3 is 2.70 bits per heavy atom. The Bertz CT molecular complexity index is 760. The van der Waals surface area contributed by atoms with Gasteiger partial charge in [0, 0.05) is 31.0 Å². The highest BCUT2D eigenvalue weighted by molar-refractivity contribution is 5.98. The fourth-order valence-corrected chi connectivity index (χ4v) is 2.82. The minimum atomic E-state index is -0.270. The van der Waals surface area contributed by atoms with Crippen molar-refractivity contribution in [2.45, 2.75) is 19.8 Å². The molecule has 2 amide bonds. The quantitative estimate of drug-likeness (QED) is 0.872. The molecule has 0 aliphatic carbocycles. The third-order valence-electron chi connectivity index (χ3n) is 3.97. The van der Waals surface area contributed by atoms with Gasteiger partial charge in [0.15, 0.2) is 0 Å². The van der Waals surface area contributed by atoms with E-state index >= 15 is 0 Å². The van der Waals surface area contributed by atoms with E-state index < -0.39 is 0 Å². The maximum Gasteiger partial charge on any atom is 0.291 e. The molecule has 0 spiro atoms. The zero-order valence-corrected chi connectivity index (χ0v) is 13.3. The lowest BCUT2D eigenvalue weighted by Gasteiger charge is -2.27. The summed E-state index contributed by atoms with van der Waals surface area (Å²) in [6, 6.07) is 9.14. The minimum Gasteiger partial charge on any atom is -0.496 e. The first-order valence-electron chi connectivity index (χ1n) is 7.71. The summed E-state index contributed by atoms with van der Waals surface area (Å²) in [5, 5.41) is 3.86. The van der Waals surface area contributed by atoms with Crippen molar-refractivity contribution in [3.05, 3.63) is 36.0 Å². The van der Waals surface area contributed by atoms with Crippen LogP contribution in [-0.4, -0.2) is 47.0 Å². The van der Waals surface area contributed by atoms with Crippen LogP contribution in [0.15, 0.2) is 30.3 Å². The Morgan fingerprint density at radius 1 is 1.22 bits per heavy atom. The number of carbonyl (C=O) groups is 2. The highest BCUT2D eigenvalue weighted by Crippen LogP contribution is 2.26. The van der Waals surface area contributed by atoms with Crippen LogP contribution in [0.1, 0.15) is 30.3 Å². The molecule has 0 N–H and O–H groups in total. The first-order valence-corrected chi connectivity index (χ1v) is 7.71. The number of aromatic nitrogens is 1. The summed E-state index contributed by atoms with van der Waals surface area (Å²) in [5.74, 6) is 0.281. The smallest absolute Gasteiger partial charge is 0.291 e. The predicted octanol–water partition coefficient (Wildman–Crippen LogP) is 2.24. The molecule has 1 aliphatic rings. The van der Waals surface area contributed by atoms with E-state index in [1.165, 1.54) is 10.0 Å². The Labute approximate surface area is 134 Å². The molecule has 23 heavy (non-hydrogen) atoms. The van der Waals surface area contributed by atoms with E-state index in [4.69, 9.17) is 4.74 Å². The second kappa shape index (κ2) is 6.24. The van der Waals surface area contributed by atoms with Crippen molar-refractivity contribution in [2.75, 3.05) is 20.2 Å². The number of nitrogens with zero attached hydrogens (tertiary/aromatic N) is 3. The monoisotopic (exact) mass is 313 g/mol. The van der Waals surface area contributed by atoms with Crippen LogP contribution in [0.25, 0.3) is 10.9 Å². The maximum atomic E-state index is 12.8. The molecule has 1 aromatic heterocycles. The lowest BCUT2D eigenvalue weighted by Crippen LogP contribution is -2.44. The highest BCUT2D eigenvalue weighted by atomic mass is 16.5. The molecule has 0 saturated carbocycles. The number of amides is 2. The fraction of sp³-hybridized carbons (Fsp3) is 0.353. The van der Waals surface area contributed by atoms with Gasteiger partial charge in [-0.3, -0.25) is 14.6 Å². The second-order valence-corrected chi connectivity index (χ2v) is 5.38. The first kappa shape index (κ1) is 15.3. The number of carbonyl (C=O) groups excluding carboxylic acids is 2. The number of ether oxygens (including phenoxy) is 1. The molecule has 120 valence electrons. The minimum absolute atomic E-state index is 0.0522. The zero-order valence-electron chi connectivity index (χ0n) is 13.3. The summed E-state index contributed by atoms with van der Waals surface area (Å²) in [5.41, 5.74) is 0.985. The van der Waals surface area contributed by atoms with Crippen molar-refractivity contribution >= 4 is 22.7 Å². The SMILES string of the molecule is CCC(=O)N1CCCN1C(=O)c1cc(OC)c2ccccc2n1. The Hall–Kier alpha value is -2.63. The molecule has 1 fully saturated rings. The van der Waals surface area contributed by atoms with Gasteiger partial charge in [-0.2, -0.15) is 0 Å². The molecule has 0 atom stereocenters. The zero-order chi connectivity index (χ0) is 16.4. The number of hydrogen-bond donors (Lipinski definition) is 0. The summed E-state index contributed by atoms with van der Waals surface area (Å²) in [7, 11) is 1.57. The number of rotatable bonds is 3. The van der Waals surface area contributed by atoms with Gasteiger partial charge in [0.1, 0.15) is 11.4 Å². The third kappa shape index (κ3) is 2.72. The lowest BCUT2D eigenvalue weighted by atomic mass is 10.1. The predicted molar refractivity (Wildman–Crippen MR) is 86.0 cm³/mol. The Morgan fingerprint density at radius 2 is 1.96 bits per heavy atom. The van der Waals surface area contributed by atoms with E-state index in [2.05, 4.69) is 4.98 Å². The third-order valence-corrected chi connectivity index (χ3v) is 3.97. The van der Waals surface area contributed by atoms with Crippen molar-refractivity contribution in [1.82, 2.24) is 15.0 Å². The number of para-hydroxylation sites is 1. The van der Waals surface area contributed by atoms with Crippen LogP contribution >= 0.6 is 0 Å². The summed E-state index contributed by atoms with van der Waals surface area (Å²) >= 11 is 0. The van der Waals surface area contributed by atoms with Gasteiger partial charge in [-0.25, -0.2) is 9.99 Å². The number of hydrazine groups is 1. The van der Waals surface area contributed by atoms with Crippen molar-refractivity contribution in [3.63, 3.8) is 0 Å². The average Bonchev–Trinajstić information content (AvgIpc) is 3.09. The summed E-state index contributed by atoms with van der Waals surface area (Å²) in [6.45, 7) is 2.89. The van der Waals surface area contributed by atoms with E-state index in [0.29, 0.717) is 30.8 Å². The summed E-state index contributed by atoms with van der Waals surface area (Å²) in [4.78, 5) is 29.2. The van der Waals surface area contributed by atoms with Crippen LogP contribution in [0.3, 0.4) is 0 Å². The van der Waals surface area contributed by atoms with Crippen LogP contribution in [0.5, 0.6) is 5.75 Å². The van der Waals surface area contributed by atoms with Gasteiger partial charge in [-0.05, 0) is 18.6 Å². The molecular formula is C17H19N3O3. The summed E-state index contributed by atoms with van der Waals surface area (Å²) in [6.07, 6.45) is 1.15. The van der Waals surface area contributed by atoms with Gasteiger partial charge >= 0.3 is 0 Å². The number of benzene rings is 1. The molecule has 1 saturated heterocycles. The van der Waals surface area contributed by atoms with Gasteiger partial charge in [0.25, 0.3) is 5.91 Å². The van der Waals surface area contributed by atoms with Gasteiger partial charge < -0.3 is 4.74 Å². The first-order chi connectivity index (χ1) is 11.2. The average molecular weight is 313 g/mol. The topological polar surface area (TPSA) is 62.7 Å². The van der Waals surface area contributed by atoms with Crippen molar-refractivity contribution in [3.8, 4) is 5.75 Å². The number of hydrogen-bond acceptors (Lipinski definition) is 4. The van der Waals surface area contributed by atoms with Gasteiger partial charge in [0.2, 0.25) is 5.91 Å². The van der Waals surface area contributed by atoms with Crippen molar-refractivity contribution in [2.24, 2.45) is 0 Å². The molecule has 6 heteroatoms. The van der Waals surface area contributed by atoms with Crippen LogP contribution in [0.4, 0.5) is 0 Å². The molecular weight excluding hydrogens is 294 g/mol. The van der Waals surface area contributed by atoms with Gasteiger partial charge in [-0.1, -0.05) is 19.1 Å². The molecule has 3 rings (SSSR count). The standard InChI is InChI=1S/C17H19N3O3/c1-3-16(21)19-9-6-10-20(19)17(22)14-11-15(23-2)12-7-4-5-8-13(12)18-14/h4-5,7-8,11H,3,6,9-10H2,1-2H3. The van der Waals surface area contributed by atoms with Crippen molar-refractivity contribution in [1.29, 1.82) is 0 Å². The molecule has 0 bridgehead atoms. The van der Waals surface area contributed by atoms with E-state index in [-0.39, 0.29) is 17.5 Å². The fourth-order valence-electron chi connectivity index (χ4n) is 2.82. The van der Waals surface area contributed by atoms with Crippen LogP contribution in [0.2, 0.25) is 0 Å². The molecule has 1 aromatic carbocycles. The number of fused-ring (bicyclic) bond motifs is 1. The number of methoxy groups -OCH3 is 1. The van der Waals surface area contributed by atoms with Crippen LogP contribution < -0.4 is 4.74 Å². The number of pyridine rings is 1. The molecule has 2 heterocycles. The highest BCUT2D eigenvalue weighted by Gasteiger charge is 2.31. The Balaban J connectivity index is 1.99. The molecule has 1 aliphatic heterocycles. The largest absolute Gasteiger partial charge is 0.496 e. The molecule has 2 aromatic rings. The molecule has 6 nitrogen and oxygen atoms in total. The molecule has 0 radical (unpaired) electrons. The normalized spacial score (nSPS) is 14.3. The van der Waals surface area contributed by atoms with Crippen LogP contribution in [0, 0.1) is 0 Å². The Kier molecular flexibility index (Phi) is 4.14. The van der Waals surface area contributed by atoms with E-state index in [1.54, 1.807) is 20.1 Å². The second-order valence-electron chi connectivity index (χ2n) is 5.38. The van der Waals surface area contributed by atoms with Crippen molar-refractivity contribution < 1.29 is 14.3 Å². The van der Waals surface area contributed by atoms with Crippen LogP contribution in [-0.2, 0) is 4.79 Å². The summed E-state index contributed by atoms with van der Waals surface area (Å²) < 4.78 is 5.39. The maximum absolute atomic E-state index is 12.8. The lowest BCUT2D eigenvalue weighted by molar-refractivity contribution is -0.140. The van der Waals surface area contributed by atoms with Gasteiger partial charge in [-0.15, -0.1) is 0 Å². The van der Waals surface area contributed by atoms with E-state index in [1.807, 2.05) is 24.3 Å². The molecule has 0 unspecified atom stereocenters.